The molecule has 0 unspecified atom stereocenters. The van der Waals surface area contributed by atoms with Crippen LogP contribution in [-0.4, -0.2) is 38.3 Å². The molecule has 0 aromatic heterocycles. The van der Waals surface area contributed by atoms with Crippen LogP contribution >= 0.6 is 0 Å². The Kier molecular flexibility index (Phi) is 7.73. The van der Waals surface area contributed by atoms with Gasteiger partial charge in [0.25, 0.3) is 0 Å². The van der Waals surface area contributed by atoms with Crippen molar-refractivity contribution in [2.75, 3.05) is 25.0 Å². The van der Waals surface area contributed by atoms with Crippen LogP contribution in [0.5, 0.6) is 17.2 Å². The maximum atomic E-state index is 13.3. The number of anilines is 1. The number of sulfonamides is 1. The molecule has 35 heavy (non-hydrogen) atoms. The maximum Gasteiger partial charge on any atom is 0.243 e. The predicted molar refractivity (Wildman–Crippen MR) is 135 cm³/mol. The number of rotatable bonds is 8. The third kappa shape index (κ3) is 5.83. The smallest absolute Gasteiger partial charge is 0.243 e. The molecule has 1 atom stereocenters. The van der Waals surface area contributed by atoms with Gasteiger partial charge in [0, 0.05) is 13.1 Å². The van der Waals surface area contributed by atoms with Crippen LogP contribution in [0.15, 0.2) is 77.7 Å². The normalized spacial score (nSPS) is 16.5. The van der Waals surface area contributed by atoms with Crippen LogP contribution in [-0.2, 0) is 14.8 Å². The van der Waals surface area contributed by atoms with Gasteiger partial charge in [0.1, 0.15) is 11.5 Å². The van der Waals surface area contributed by atoms with E-state index in [9.17, 15) is 13.2 Å². The second-order valence-corrected chi connectivity index (χ2v) is 10.4. The zero-order valence-corrected chi connectivity index (χ0v) is 20.8. The molecule has 4 rings (SSSR count). The Balaban J connectivity index is 1.47. The largest absolute Gasteiger partial charge is 0.494 e. The van der Waals surface area contributed by atoms with Crippen LogP contribution < -0.4 is 14.8 Å². The van der Waals surface area contributed by atoms with E-state index >= 15 is 0 Å². The molecule has 1 amide bonds. The van der Waals surface area contributed by atoms with Crippen LogP contribution in [0.4, 0.5) is 5.69 Å². The van der Waals surface area contributed by atoms with E-state index in [-0.39, 0.29) is 17.3 Å². The van der Waals surface area contributed by atoms with E-state index in [4.69, 9.17) is 9.47 Å². The number of hydrogen-bond acceptors (Lipinski definition) is 5. The molecule has 1 heterocycles. The van der Waals surface area contributed by atoms with Gasteiger partial charge in [0.05, 0.1) is 23.1 Å². The molecule has 184 valence electrons. The third-order valence-corrected chi connectivity index (χ3v) is 7.82. The van der Waals surface area contributed by atoms with Crippen molar-refractivity contribution >= 4 is 21.6 Å². The molecule has 0 spiro atoms. The molecule has 0 radical (unpaired) electrons. The Labute approximate surface area is 206 Å². The molecule has 3 aromatic rings. The number of hydrogen-bond donors (Lipinski definition) is 1. The van der Waals surface area contributed by atoms with E-state index in [1.54, 1.807) is 30.3 Å². The van der Waals surface area contributed by atoms with Crippen molar-refractivity contribution in [3.05, 3.63) is 78.4 Å². The first-order chi connectivity index (χ1) is 16.9. The second-order valence-electron chi connectivity index (χ2n) is 8.46. The van der Waals surface area contributed by atoms with E-state index in [1.807, 2.05) is 56.3 Å². The van der Waals surface area contributed by atoms with Crippen molar-refractivity contribution in [1.82, 2.24) is 4.31 Å². The topological polar surface area (TPSA) is 84.9 Å². The van der Waals surface area contributed by atoms with Crippen molar-refractivity contribution in [3.8, 4) is 17.2 Å². The van der Waals surface area contributed by atoms with Gasteiger partial charge in [-0.05, 0) is 74.7 Å². The summed E-state index contributed by atoms with van der Waals surface area (Å²) in [4.78, 5) is 13.4. The number of carbonyl (C=O) groups is 1. The lowest BCUT2D eigenvalue weighted by Crippen LogP contribution is -2.43. The van der Waals surface area contributed by atoms with Crippen molar-refractivity contribution in [3.63, 3.8) is 0 Å². The zero-order valence-electron chi connectivity index (χ0n) is 19.9. The molecular weight excluding hydrogens is 464 g/mol. The molecule has 0 aliphatic carbocycles. The molecule has 1 N–H and O–H groups in total. The molecule has 1 saturated heterocycles. The van der Waals surface area contributed by atoms with Gasteiger partial charge in [-0.25, -0.2) is 8.42 Å². The van der Waals surface area contributed by atoms with Gasteiger partial charge in [-0.2, -0.15) is 4.31 Å². The summed E-state index contributed by atoms with van der Waals surface area (Å²) in [5.41, 5.74) is 1.30. The highest BCUT2D eigenvalue weighted by molar-refractivity contribution is 7.89. The van der Waals surface area contributed by atoms with Crippen LogP contribution in [0.25, 0.3) is 0 Å². The highest BCUT2D eigenvalue weighted by Crippen LogP contribution is 2.31. The molecule has 3 aromatic carbocycles. The average molecular weight is 495 g/mol. The van der Waals surface area contributed by atoms with E-state index in [0.29, 0.717) is 48.9 Å². The number of para-hydroxylation sites is 3. The van der Waals surface area contributed by atoms with Crippen molar-refractivity contribution in [1.29, 1.82) is 0 Å². The van der Waals surface area contributed by atoms with Gasteiger partial charge in [0.2, 0.25) is 15.9 Å². The Morgan fingerprint density at radius 1 is 1.03 bits per heavy atom. The molecule has 7 nitrogen and oxygen atoms in total. The Bertz CT molecular complexity index is 1280. The van der Waals surface area contributed by atoms with E-state index < -0.39 is 15.9 Å². The number of nitrogens with zero attached hydrogens (tertiary/aromatic N) is 1. The summed E-state index contributed by atoms with van der Waals surface area (Å²) in [7, 11) is -3.73. The first-order valence-electron chi connectivity index (χ1n) is 11.7. The molecule has 0 bridgehead atoms. The summed E-state index contributed by atoms with van der Waals surface area (Å²) in [6.07, 6.45) is 1.22. The second kappa shape index (κ2) is 10.9. The number of aryl methyl sites for hydroxylation is 1. The summed E-state index contributed by atoms with van der Waals surface area (Å²) in [5.74, 6) is 1.16. The third-order valence-electron chi connectivity index (χ3n) is 5.95. The molecule has 1 aliphatic rings. The summed E-state index contributed by atoms with van der Waals surface area (Å²) in [6.45, 7) is 4.73. The van der Waals surface area contributed by atoms with E-state index in [1.165, 1.54) is 4.31 Å². The van der Waals surface area contributed by atoms with Gasteiger partial charge in [-0.1, -0.05) is 30.3 Å². The monoisotopic (exact) mass is 494 g/mol. The first kappa shape index (κ1) is 24.8. The molecule has 1 fully saturated rings. The Morgan fingerprint density at radius 3 is 2.51 bits per heavy atom. The lowest BCUT2D eigenvalue weighted by atomic mass is 9.98. The van der Waals surface area contributed by atoms with Crippen molar-refractivity contribution < 1.29 is 22.7 Å². The van der Waals surface area contributed by atoms with Crippen LogP contribution in [0.3, 0.4) is 0 Å². The van der Waals surface area contributed by atoms with E-state index in [0.717, 1.165) is 5.56 Å². The number of benzene rings is 3. The molecule has 0 saturated carbocycles. The fourth-order valence-corrected chi connectivity index (χ4v) is 5.74. The standard InChI is InChI=1S/C27H30N2O5S/c1-3-33-25-16-15-23(18-20(25)2)35(31,32)29-17-9-10-21(19-29)27(30)28-24-13-7-8-14-26(24)34-22-11-5-4-6-12-22/h4-8,11-16,18,21H,3,9-10,17,19H2,1-2H3,(H,28,30)/t21-/m1/s1. The minimum absolute atomic E-state index is 0.127. The SMILES string of the molecule is CCOc1ccc(S(=O)(=O)N2CCC[C@@H](C(=O)Nc3ccccc3Oc3ccccc3)C2)cc1C. The molecule has 8 heteroatoms. The van der Waals surface area contributed by atoms with Crippen LogP contribution in [0.1, 0.15) is 25.3 Å². The van der Waals surface area contributed by atoms with Crippen molar-refractivity contribution in [2.24, 2.45) is 5.92 Å². The number of nitrogens with one attached hydrogen (secondary N) is 1. The highest BCUT2D eigenvalue weighted by Gasteiger charge is 2.33. The summed E-state index contributed by atoms with van der Waals surface area (Å²) < 4.78 is 39.5. The lowest BCUT2D eigenvalue weighted by Gasteiger charge is -2.31. The number of amides is 1. The Morgan fingerprint density at radius 2 is 1.77 bits per heavy atom. The number of piperidine rings is 1. The molecule has 1 aliphatic heterocycles. The van der Waals surface area contributed by atoms with Gasteiger partial charge in [-0.3, -0.25) is 4.79 Å². The molecular formula is C27H30N2O5S. The van der Waals surface area contributed by atoms with E-state index in [2.05, 4.69) is 5.32 Å². The summed E-state index contributed by atoms with van der Waals surface area (Å²) in [6, 6.07) is 21.4. The van der Waals surface area contributed by atoms with Gasteiger partial charge in [-0.15, -0.1) is 0 Å². The minimum atomic E-state index is -3.73. The average Bonchev–Trinajstić information content (AvgIpc) is 2.87. The predicted octanol–water partition coefficient (Wildman–Crippen LogP) is 5.23. The van der Waals surface area contributed by atoms with Gasteiger partial charge >= 0.3 is 0 Å². The number of ether oxygens (including phenoxy) is 2. The summed E-state index contributed by atoms with van der Waals surface area (Å²) in [5, 5.41) is 2.94. The first-order valence-corrected chi connectivity index (χ1v) is 13.2. The van der Waals surface area contributed by atoms with Gasteiger partial charge in [0.15, 0.2) is 5.75 Å². The van der Waals surface area contributed by atoms with Crippen LogP contribution in [0, 0.1) is 12.8 Å². The zero-order chi connectivity index (χ0) is 24.8. The lowest BCUT2D eigenvalue weighted by molar-refractivity contribution is -0.120. The highest BCUT2D eigenvalue weighted by atomic mass is 32.2. The minimum Gasteiger partial charge on any atom is -0.494 e. The van der Waals surface area contributed by atoms with Crippen LogP contribution in [0.2, 0.25) is 0 Å². The maximum absolute atomic E-state index is 13.3. The van der Waals surface area contributed by atoms with Crippen molar-refractivity contribution in [2.45, 2.75) is 31.6 Å². The van der Waals surface area contributed by atoms with Gasteiger partial charge < -0.3 is 14.8 Å². The summed E-state index contributed by atoms with van der Waals surface area (Å²) >= 11 is 0. The quantitative estimate of drug-likeness (QED) is 0.464. The number of carbonyl (C=O) groups excluding carboxylic acids is 1. The fourth-order valence-electron chi connectivity index (χ4n) is 4.13. The fraction of sp³-hybridized carbons (Fsp3) is 0.296. The Hall–Kier alpha value is -3.36.